The lowest BCUT2D eigenvalue weighted by atomic mass is 10.1. The van der Waals surface area contributed by atoms with Crippen molar-refractivity contribution in [3.05, 3.63) is 20.3 Å². The summed E-state index contributed by atoms with van der Waals surface area (Å²) in [4.78, 5) is 26.3. The van der Waals surface area contributed by atoms with Gasteiger partial charge in [-0.15, -0.1) is 11.3 Å². The third kappa shape index (κ3) is 3.90. The van der Waals surface area contributed by atoms with Gasteiger partial charge in [0.05, 0.1) is 9.90 Å². The number of carbonyl (C=O) groups is 2. The number of esters is 1. The summed E-state index contributed by atoms with van der Waals surface area (Å²) in [6.45, 7) is 5.94. The minimum atomic E-state index is -0.572. The molecule has 1 aromatic heterocycles. The van der Waals surface area contributed by atoms with Crippen molar-refractivity contribution in [2.24, 2.45) is 0 Å². The molecular formula is C14H17Cl2NO3S. The average molecular weight is 350 g/mol. The fraction of sp³-hybridized carbons (Fsp3) is 0.571. The molecule has 1 aromatic rings. The molecule has 21 heavy (non-hydrogen) atoms. The lowest BCUT2D eigenvalue weighted by molar-refractivity contribution is -0.159. The standard InChI is InChI=1S/C14H17Cl2NO3S/c1-14(2,3)20-13(19)9-5-4-6-17(9)12(18)8-7-10(15)21-11(8)16/h7,9H,4-6H2,1-3H3/t9-/m1/s1. The Bertz CT molecular complexity index is 565. The Balaban J connectivity index is 2.17. The maximum absolute atomic E-state index is 12.5. The summed E-state index contributed by atoms with van der Waals surface area (Å²) in [6.07, 6.45) is 1.38. The van der Waals surface area contributed by atoms with Crippen LogP contribution < -0.4 is 0 Å². The predicted molar refractivity (Wildman–Crippen MR) is 84.2 cm³/mol. The molecule has 0 N–H and O–H groups in total. The van der Waals surface area contributed by atoms with Crippen molar-refractivity contribution >= 4 is 46.4 Å². The van der Waals surface area contributed by atoms with E-state index in [0.29, 0.717) is 27.2 Å². The van der Waals surface area contributed by atoms with Crippen molar-refractivity contribution in [1.82, 2.24) is 4.90 Å². The van der Waals surface area contributed by atoms with Crippen molar-refractivity contribution in [3.8, 4) is 0 Å². The minimum absolute atomic E-state index is 0.267. The van der Waals surface area contributed by atoms with Gasteiger partial charge in [-0.25, -0.2) is 4.79 Å². The van der Waals surface area contributed by atoms with Crippen LogP contribution in [0.3, 0.4) is 0 Å². The molecule has 0 unspecified atom stereocenters. The minimum Gasteiger partial charge on any atom is -0.458 e. The Morgan fingerprint density at radius 3 is 2.57 bits per heavy atom. The van der Waals surface area contributed by atoms with Crippen LogP contribution in [-0.2, 0) is 9.53 Å². The average Bonchev–Trinajstić information content (AvgIpc) is 2.92. The van der Waals surface area contributed by atoms with Crippen molar-refractivity contribution in [2.45, 2.75) is 45.3 Å². The summed E-state index contributed by atoms with van der Waals surface area (Å²) in [6, 6.07) is 0.993. The van der Waals surface area contributed by atoms with Crippen molar-refractivity contribution < 1.29 is 14.3 Å². The number of nitrogens with zero attached hydrogens (tertiary/aromatic N) is 1. The Hall–Kier alpha value is -0.780. The van der Waals surface area contributed by atoms with Crippen LogP contribution in [0.5, 0.6) is 0 Å². The highest BCUT2D eigenvalue weighted by Gasteiger charge is 2.38. The number of ether oxygens (including phenoxy) is 1. The van der Waals surface area contributed by atoms with Gasteiger partial charge in [0.25, 0.3) is 5.91 Å². The van der Waals surface area contributed by atoms with Crippen LogP contribution in [-0.4, -0.2) is 35.0 Å². The number of thiophene rings is 1. The number of hydrogen-bond acceptors (Lipinski definition) is 4. The van der Waals surface area contributed by atoms with Gasteiger partial charge >= 0.3 is 5.97 Å². The molecule has 2 heterocycles. The quantitative estimate of drug-likeness (QED) is 0.758. The van der Waals surface area contributed by atoms with E-state index in [2.05, 4.69) is 0 Å². The normalized spacial score (nSPS) is 18.9. The fourth-order valence-electron chi connectivity index (χ4n) is 2.27. The molecule has 0 aromatic carbocycles. The van der Waals surface area contributed by atoms with Gasteiger partial charge in [-0.2, -0.15) is 0 Å². The number of hydrogen-bond donors (Lipinski definition) is 0. The summed E-state index contributed by atoms with van der Waals surface area (Å²) in [5.41, 5.74) is -0.223. The third-order valence-electron chi connectivity index (χ3n) is 3.08. The summed E-state index contributed by atoms with van der Waals surface area (Å²) >= 11 is 13.0. The number of amides is 1. The van der Waals surface area contributed by atoms with Gasteiger partial charge in [-0.05, 0) is 39.7 Å². The molecule has 1 saturated heterocycles. The van der Waals surface area contributed by atoms with Gasteiger partial charge in [-0.1, -0.05) is 23.2 Å². The second-order valence-electron chi connectivity index (χ2n) is 5.93. The summed E-state index contributed by atoms with van der Waals surface area (Å²) in [5.74, 6) is -0.637. The molecule has 2 rings (SSSR count). The van der Waals surface area contributed by atoms with Gasteiger partial charge in [0.15, 0.2) is 0 Å². The van der Waals surface area contributed by atoms with E-state index in [9.17, 15) is 9.59 Å². The number of halogens is 2. The molecule has 0 saturated carbocycles. The first kappa shape index (κ1) is 16.6. The highest BCUT2D eigenvalue weighted by atomic mass is 35.5. The van der Waals surface area contributed by atoms with Crippen LogP contribution in [0.4, 0.5) is 0 Å². The first-order valence-corrected chi connectivity index (χ1v) is 8.25. The van der Waals surface area contributed by atoms with Gasteiger partial charge in [0.2, 0.25) is 0 Å². The van der Waals surface area contributed by atoms with Gasteiger partial charge in [0.1, 0.15) is 16.0 Å². The van der Waals surface area contributed by atoms with Crippen molar-refractivity contribution in [1.29, 1.82) is 0 Å². The highest BCUT2D eigenvalue weighted by molar-refractivity contribution is 7.20. The van der Waals surface area contributed by atoms with E-state index in [1.54, 1.807) is 6.07 Å². The third-order valence-corrected chi connectivity index (χ3v) is 4.57. The summed E-state index contributed by atoms with van der Waals surface area (Å²) in [5, 5.41) is 0. The van der Waals surface area contributed by atoms with E-state index in [1.165, 1.54) is 4.90 Å². The number of carbonyl (C=O) groups excluding carboxylic acids is 2. The second-order valence-corrected chi connectivity index (χ2v) is 8.21. The number of likely N-dealkylation sites (tertiary alicyclic amines) is 1. The zero-order chi connectivity index (χ0) is 15.8. The largest absolute Gasteiger partial charge is 0.458 e. The van der Waals surface area contributed by atoms with Gasteiger partial charge in [0, 0.05) is 6.54 Å². The van der Waals surface area contributed by atoms with E-state index >= 15 is 0 Å². The molecule has 0 aliphatic carbocycles. The highest BCUT2D eigenvalue weighted by Crippen LogP contribution is 2.33. The van der Waals surface area contributed by atoms with Crippen molar-refractivity contribution in [2.75, 3.05) is 6.54 Å². The van der Waals surface area contributed by atoms with E-state index in [1.807, 2.05) is 20.8 Å². The first-order chi connectivity index (χ1) is 9.69. The number of rotatable bonds is 2. The second kappa shape index (κ2) is 6.15. The molecular weight excluding hydrogens is 333 g/mol. The van der Waals surface area contributed by atoms with E-state index in [4.69, 9.17) is 27.9 Å². The van der Waals surface area contributed by atoms with E-state index in [-0.39, 0.29) is 11.9 Å². The molecule has 1 amide bonds. The van der Waals surface area contributed by atoms with Crippen LogP contribution in [0, 0.1) is 0 Å². The molecule has 0 bridgehead atoms. The lowest BCUT2D eigenvalue weighted by Gasteiger charge is -2.27. The Labute approximate surface area is 138 Å². The van der Waals surface area contributed by atoms with E-state index in [0.717, 1.165) is 17.8 Å². The maximum atomic E-state index is 12.5. The van der Waals surface area contributed by atoms with E-state index < -0.39 is 11.6 Å². The Morgan fingerprint density at radius 1 is 1.38 bits per heavy atom. The molecule has 1 aliphatic heterocycles. The van der Waals surface area contributed by atoms with Crippen LogP contribution in [0.25, 0.3) is 0 Å². The molecule has 1 aliphatic rings. The molecule has 4 nitrogen and oxygen atoms in total. The lowest BCUT2D eigenvalue weighted by Crippen LogP contribution is -2.43. The molecule has 116 valence electrons. The fourth-order valence-corrected chi connectivity index (χ4v) is 3.71. The Morgan fingerprint density at radius 2 is 2.05 bits per heavy atom. The zero-order valence-electron chi connectivity index (χ0n) is 12.1. The van der Waals surface area contributed by atoms with Crippen molar-refractivity contribution in [3.63, 3.8) is 0 Å². The zero-order valence-corrected chi connectivity index (χ0v) is 14.4. The molecule has 0 radical (unpaired) electrons. The monoisotopic (exact) mass is 349 g/mol. The van der Waals surface area contributed by atoms with Gasteiger partial charge in [-0.3, -0.25) is 4.79 Å². The van der Waals surface area contributed by atoms with Crippen LogP contribution >= 0.6 is 34.5 Å². The molecule has 0 spiro atoms. The first-order valence-electron chi connectivity index (χ1n) is 6.68. The summed E-state index contributed by atoms with van der Waals surface area (Å²) in [7, 11) is 0. The smallest absolute Gasteiger partial charge is 0.329 e. The Kier molecular flexibility index (Phi) is 4.85. The van der Waals surface area contributed by atoms with Crippen LogP contribution in [0.15, 0.2) is 6.07 Å². The molecule has 1 atom stereocenters. The maximum Gasteiger partial charge on any atom is 0.329 e. The van der Waals surface area contributed by atoms with Crippen LogP contribution in [0.1, 0.15) is 44.0 Å². The SMILES string of the molecule is CC(C)(C)OC(=O)[C@H]1CCCN1C(=O)c1cc(Cl)sc1Cl. The van der Waals surface area contributed by atoms with Crippen LogP contribution in [0.2, 0.25) is 8.67 Å². The molecule has 1 fully saturated rings. The molecule has 7 heteroatoms. The summed E-state index contributed by atoms with van der Waals surface area (Å²) < 4.78 is 6.19. The topological polar surface area (TPSA) is 46.6 Å². The van der Waals surface area contributed by atoms with Gasteiger partial charge < -0.3 is 9.64 Å². The predicted octanol–water partition coefficient (Wildman–Crippen LogP) is 4.00.